The Kier molecular flexibility index (Phi) is 4.57. The van der Waals surface area contributed by atoms with E-state index in [1.54, 1.807) is 6.92 Å². The fourth-order valence-corrected chi connectivity index (χ4v) is 3.34. The van der Waals surface area contributed by atoms with Gasteiger partial charge in [-0.2, -0.15) is 13.2 Å². The first-order valence-electron chi connectivity index (χ1n) is 6.69. The SMILES string of the molecule is Cc1ncsc1C(=O)NC[C@@]1(O)CCC[C@@H](C(F)(F)F)C1. The van der Waals surface area contributed by atoms with Gasteiger partial charge in [0.25, 0.3) is 5.91 Å². The van der Waals surface area contributed by atoms with Gasteiger partial charge in [-0.05, 0) is 32.6 Å². The molecule has 2 atom stereocenters. The van der Waals surface area contributed by atoms with Crippen molar-refractivity contribution in [2.75, 3.05) is 6.54 Å². The van der Waals surface area contributed by atoms with E-state index in [-0.39, 0.29) is 25.8 Å². The molecule has 8 heteroatoms. The molecule has 1 aromatic heterocycles. The lowest BCUT2D eigenvalue weighted by Crippen LogP contribution is -2.48. The highest BCUT2D eigenvalue weighted by atomic mass is 32.1. The third-order valence-electron chi connectivity index (χ3n) is 3.81. The molecule has 0 unspecified atom stereocenters. The number of rotatable bonds is 3. The van der Waals surface area contributed by atoms with Crippen molar-refractivity contribution in [2.24, 2.45) is 5.92 Å². The van der Waals surface area contributed by atoms with Gasteiger partial charge in [0.2, 0.25) is 0 Å². The van der Waals surface area contributed by atoms with Gasteiger partial charge < -0.3 is 10.4 Å². The molecule has 0 aromatic carbocycles. The van der Waals surface area contributed by atoms with Crippen molar-refractivity contribution in [2.45, 2.75) is 44.4 Å². The number of carbonyl (C=O) groups is 1. The Morgan fingerprint density at radius 3 is 2.90 bits per heavy atom. The molecule has 4 nitrogen and oxygen atoms in total. The Morgan fingerprint density at radius 1 is 1.62 bits per heavy atom. The molecule has 2 rings (SSSR count). The number of aromatic nitrogens is 1. The molecule has 1 amide bonds. The number of alkyl halides is 3. The van der Waals surface area contributed by atoms with Gasteiger partial charge in [0, 0.05) is 6.54 Å². The molecule has 1 saturated carbocycles. The van der Waals surface area contributed by atoms with E-state index in [2.05, 4.69) is 10.3 Å². The second-order valence-electron chi connectivity index (χ2n) is 5.51. The zero-order valence-corrected chi connectivity index (χ0v) is 12.4. The molecule has 1 heterocycles. The molecule has 0 radical (unpaired) electrons. The van der Waals surface area contributed by atoms with Crippen molar-refractivity contribution in [1.82, 2.24) is 10.3 Å². The number of amides is 1. The summed E-state index contributed by atoms with van der Waals surface area (Å²) in [5.74, 6) is -1.91. The number of hydrogen-bond acceptors (Lipinski definition) is 4. The largest absolute Gasteiger partial charge is 0.391 e. The van der Waals surface area contributed by atoms with E-state index in [1.807, 2.05) is 0 Å². The van der Waals surface area contributed by atoms with Gasteiger partial charge in [0.05, 0.1) is 22.7 Å². The summed E-state index contributed by atoms with van der Waals surface area (Å²) in [6.45, 7) is 1.51. The van der Waals surface area contributed by atoms with E-state index in [0.29, 0.717) is 17.0 Å². The highest BCUT2D eigenvalue weighted by Crippen LogP contribution is 2.41. The van der Waals surface area contributed by atoms with Gasteiger partial charge in [0.15, 0.2) is 0 Å². The summed E-state index contributed by atoms with van der Waals surface area (Å²) in [6.07, 6.45) is -4.06. The zero-order valence-electron chi connectivity index (χ0n) is 11.5. The second-order valence-corrected chi connectivity index (χ2v) is 6.36. The van der Waals surface area contributed by atoms with Crippen LogP contribution in [0.1, 0.15) is 41.0 Å². The molecule has 1 aliphatic carbocycles. The van der Waals surface area contributed by atoms with E-state index in [0.717, 1.165) is 11.3 Å². The summed E-state index contributed by atoms with van der Waals surface area (Å²) < 4.78 is 38.3. The van der Waals surface area contributed by atoms with E-state index >= 15 is 0 Å². The van der Waals surface area contributed by atoms with Crippen LogP contribution in [0, 0.1) is 12.8 Å². The number of thiazole rings is 1. The Labute approximate surface area is 124 Å². The van der Waals surface area contributed by atoms with Crippen LogP contribution >= 0.6 is 11.3 Å². The van der Waals surface area contributed by atoms with Crippen LogP contribution in [-0.4, -0.2) is 34.3 Å². The number of nitrogens with one attached hydrogen (secondary N) is 1. The van der Waals surface area contributed by atoms with E-state index in [4.69, 9.17) is 0 Å². The Balaban J connectivity index is 1.95. The van der Waals surface area contributed by atoms with Gasteiger partial charge >= 0.3 is 6.18 Å². The fraction of sp³-hybridized carbons (Fsp3) is 0.692. The maximum atomic E-state index is 12.8. The van der Waals surface area contributed by atoms with E-state index < -0.39 is 23.6 Å². The van der Waals surface area contributed by atoms with Crippen LogP contribution in [0.4, 0.5) is 13.2 Å². The molecule has 2 N–H and O–H groups in total. The zero-order chi connectivity index (χ0) is 15.7. The number of nitrogens with zero attached hydrogens (tertiary/aromatic N) is 1. The predicted molar refractivity (Wildman–Crippen MR) is 72.1 cm³/mol. The summed E-state index contributed by atoms with van der Waals surface area (Å²) in [6, 6.07) is 0. The van der Waals surface area contributed by atoms with Gasteiger partial charge in [-0.3, -0.25) is 4.79 Å². The lowest BCUT2D eigenvalue weighted by Gasteiger charge is -2.37. The minimum atomic E-state index is -4.30. The monoisotopic (exact) mass is 322 g/mol. The average Bonchev–Trinajstić information content (AvgIpc) is 2.81. The van der Waals surface area contributed by atoms with E-state index in [9.17, 15) is 23.1 Å². The minimum absolute atomic E-state index is 0.0354. The molecule has 1 aromatic rings. The molecule has 0 bridgehead atoms. The van der Waals surface area contributed by atoms with Crippen LogP contribution in [0.25, 0.3) is 0 Å². The van der Waals surface area contributed by atoms with E-state index in [1.165, 1.54) is 5.51 Å². The molecule has 0 aliphatic heterocycles. The molecule has 118 valence electrons. The van der Waals surface area contributed by atoms with Crippen molar-refractivity contribution < 1.29 is 23.1 Å². The molecule has 0 saturated heterocycles. The maximum Gasteiger partial charge on any atom is 0.391 e. The predicted octanol–water partition coefficient (Wildman–Crippen LogP) is 2.66. The van der Waals surface area contributed by atoms with Crippen molar-refractivity contribution in [1.29, 1.82) is 0 Å². The van der Waals surface area contributed by atoms with Crippen molar-refractivity contribution >= 4 is 17.2 Å². The summed E-state index contributed by atoms with van der Waals surface area (Å²) in [5, 5.41) is 12.8. The van der Waals surface area contributed by atoms with Gasteiger partial charge in [-0.15, -0.1) is 11.3 Å². The first kappa shape index (κ1) is 16.2. The minimum Gasteiger partial charge on any atom is -0.388 e. The third kappa shape index (κ3) is 3.94. The van der Waals surface area contributed by atoms with Crippen LogP contribution in [0.3, 0.4) is 0 Å². The number of halogens is 3. The molecular formula is C13H17F3N2O2S. The van der Waals surface area contributed by atoms with Crippen LogP contribution in [-0.2, 0) is 0 Å². The second kappa shape index (κ2) is 5.92. The smallest absolute Gasteiger partial charge is 0.388 e. The lowest BCUT2D eigenvalue weighted by molar-refractivity contribution is -0.199. The fourth-order valence-electron chi connectivity index (χ4n) is 2.63. The normalized spacial score (nSPS) is 26.6. The lowest BCUT2D eigenvalue weighted by atomic mass is 9.77. The summed E-state index contributed by atoms with van der Waals surface area (Å²) in [4.78, 5) is 16.3. The molecule has 21 heavy (non-hydrogen) atoms. The standard InChI is InChI=1S/C13H17F3N2O2S/c1-8-10(21-7-18-8)11(19)17-6-12(20)4-2-3-9(5-12)13(14,15)16/h7,9,20H,2-6H2,1H3,(H,17,19)/t9-,12-/m1/s1. The summed E-state index contributed by atoms with van der Waals surface area (Å²) in [5.41, 5.74) is 0.604. The molecule has 0 spiro atoms. The quantitative estimate of drug-likeness (QED) is 0.899. The summed E-state index contributed by atoms with van der Waals surface area (Å²) >= 11 is 1.16. The number of carbonyl (C=O) groups excluding carboxylic acids is 1. The highest BCUT2D eigenvalue weighted by molar-refractivity contribution is 7.11. The first-order chi connectivity index (χ1) is 9.71. The molecule has 1 fully saturated rings. The average molecular weight is 322 g/mol. The Morgan fingerprint density at radius 2 is 2.33 bits per heavy atom. The van der Waals surface area contributed by atoms with Gasteiger partial charge in [0.1, 0.15) is 4.88 Å². The van der Waals surface area contributed by atoms with Crippen LogP contribution in [0.5, 0.6) is 0 Å². The molecule has 1 aliphatic rings. The van der Waals surface area contributed by atoms with Crippen molar-refractivity contribution in [3.05, 3.63) is 16.1 Å². The van der Waals surface area contributed by atoms with Crippen LogP contribution in [0.15, 0.2) is 5.51 Å². The van der Waals surface area contributed by atoms with Crippen molar-refractivity contribution in [3.63, 3.8) is 0 Å². The topological polar surface area (TPSA) is 62.2 Å². The van der Waals surface area contributed by atoms with Gasteiger partial charge in [-0.1, -0.05) is 0 Å². The highest BCUT2D eigenvalue weighted by Gasteiger charge is 2.47. The summed E-state index contributed by atoms with van der Waals surface area (Å²) in [7, 11) is 0. The molecular weight excluding hydrogens is 305 g/mol. The van der Waals surface area contributed by atoms with Crippen LogP contribution < -0.4 is 5.32 Å². The Hall–Kier alpha value is -1.15. The maximum absolute atomic E-state index is 12.8. The Bertz CT molecular complexity index is 518. The van der Waals surface area contributed by atoms with Gasteiger partial charge in [-0.25, -0.2) is 4.98 Å². The third-order valence-corrected chi connectivity index (χ3v) is 4.74. The number of hydrogen-bond donors (Lipinski definition) is 2. The van der Waals surface area contributed by atoms with Crippen molar-refractivity contribution in [3.8, 4) is 0 Å². The van der Waals surface area contributed by atoms with Crippen LogP contribution in [0.2, 0.25) is 0 Å². The number of aryl methyl sites for hydroxylation is 1. The first-order valence-corrected chi connectivity index (χ1v) is 7.57. The number of aliphatic hydroxyl groups is 1.